The van der Waals surface area contributed by atoms with E-state index in [2.05, 4.69) is 15.1 Å². The van der Waals surface area contributed by atoms with Gasteiger partial charge in [-0.05, 0) is 13.0 Å². The Hall–Kier alpha value is -1.64. The topological polar surface area (TPSA) is 83.7 Å². The van der Waals surface area contributed by atoms with Crippen LogP contribution in [0.15, 0.2) is 18.5 Å². The Morgan fingerprint density at radius 1 is 1.35 bits per heavy atom. The van der Waals surface area contributed by atoms with Crippen LogP contribution in [0.2, 0.25) is 0 Å². The first-order valence-electron chi connectivity index (χ1n) is 4.63. The summed E-state index contributed by atoms with van der Waals surface area (Å²) in [6.45, 7) is 1.76. The van der Waals surface area contributed by atoms with E-state index in [1.54, 1.807) is 32.4 Å². The van der Waals surface area contributed by atoms with Crippen LogP contribution in [0.1, 0.15) is 16.2 Å². The van der Waals surface area contributed by atoms with E-state index in [-0.39, 0.29) is 24.6 Å². The van der Waals surface area contributed by atoms with Gasteiger partial charge in [0.1, 0.15) is 5.69 Å². The van der Waals surface area contributed by atoms with Crippen molar-refractivity contribution in [2.45, 2.75) is 6.92 Å². The van der Waals surface area contributed by atoms with Crippen LogP contribution in [0.5, 0.6) is 0 Å². The zero-order chi connectivity index (χ0) is 11.7. The second-order valence-corrected chi connectivity index (χ2v) is 3.29. The molecule has 2 heterocycles. The van der Waals surface area contributed by atoms with Crippen molar-refractivity contribution >= 4 is 5.97 Å². The number of carbonyl (C=O) groups is 1. The van der Waals surface area contributed by atoms with Crippen LogP contribution in [0.3, 0.4) is 0 Å². The number of carbonyl (C=O) groups excluding carboxylic acids is 1. The predicted octanol–water partition coefficient (Wildman–Crippen LogP) is -3.45. The van der Waals surface area contributed by atoms with Crippen LogP contribution in [0.25, 0.3) is 11.4 Å². The second kappa shape index (κ2) is 5.12. The van der Waals surface area contributed by atoms with Crippen molar-refractivity contribution in [2.75, 3.05) is 0 Å². The average Bonchev–Trinajstić information content (AvgIpc) is 2.57. The van der Waals surface area contributed by atoms with E-state index < -0.39 is 5.97 Å². The summed E-state index contributed by atoms with van der Waals surface area (Å²) in [6.07, 6.45) is 3.10. The maximum atomic E-state index is 10.9. The van der Waals surface area contributed by atoms with Gasteiger partial charge in [0.25, 0.3) is 0 Å². The number of hydrogen-bond acceptors (Lipinski definition) is 5. The van der Waals surface area contributed by atoms with Crippen molar-refractivity contribution in [1.82, 2.24) is 19.7 Å². The molecule has 0 spiro atoms. The molecule has 0 aliphatic carbocycles. The van der Waals surface area contributed by atoms with E-state index >= 15 is 0 Å². The number of aromatic carboxylic acids is 1. The largest absolute Gasteiger partial charge is 1.00 e. The summed E-state index contributed by atoms with van der Waals surface area (Å²) in [5.41, 5.74) is 0.958. The van der Waals surface area contributed by atoms with E-state index in [1.165, 1.54) is 4.68 Å². The van der Waals surface area contributed by atoms with Gasteiger partial charge in [-0.1, -0.05) is 0 Å². The van der Waals surface area contributed by atoms with Gasteiger partial charge < -0.3 is 9.90 Å². The Kier molecular flexibility index (Phi) is 4.05. The maximum absolute atomic E-state index is 10.9. The van der Waals surface area contributed by atoms with Gasteiger partial charge in [0.05, 0.1) is 11.5 Å². The minimum absolute atomic E-state index is 0. The molecule has 0 aliphatic heterocycles. The number of carboxylic acids is 1. The van der Waals surface area contributed by atoms with Crippen LogP contribution >= 0.6 is 0 Å². The summed E-state index contributed by atoms with van der Waals surface area (Å²) < 4.78 is 1.47. The van der Waals surface area contributed by atoms with E-state index in [9.17, 15) is 9.90 Å². The van der Waals surface area contributed by atoms with Gasteiger partial charge in [-0.3, -0.25) is 4.68 Å². The van der Waals surface area contributed by atoms with Crippen molar-refractivity contribution in [3.8, 4) is 11.4 Å². The molecule has 0 fully saturated rings. The Morgan fingerprint density at radius 2 is 1.94 bits per heavy atom. The number of carboxylic acid groups (broad SMARTS) is 1. The van der Waals surface area contributed by atoms with E-state index in [0.717, 1.165) is 0 Å². The van der Waals surface area contributed by atoms with Crippen LogP contribution in [-0.2, 0) is 7.05 Å². The minimum Gasteiger partial charge on any atom is -0.543 e. The zero-order valence-electron chi connectivity index (χ0n) is 9.84. The van der Waals surface area contributed by atoms with Gasteiger partial charge in [-0.15, -0.1) is 0 Å². The summed E-state index contributed by atoms with van der Waals surface area (Å²) in [6, 6.07) is 1.66. The van der Waals surface area contributed by atoms with Gasteiger partial charge >= 0.3 is 18.9 Å². The Bertz CT molecular complexity index is 539. The summed E-state index contributed by atoms with van der Waals surface area (Å²) in [4.78, 5) is 18.9. The maximum Gasteiger partial charge on any atom is 1.00 e. The molecule has 0 amide bonds. The van der Waals surface area contributed by atoms with E-state index in [4.69, 9.17) is 0 Å². The summed E-state index contributed by atoms with van der Waals surface area (Å²) in [7, 11) is 1.66. The molecule has 0 N–H and O–H groups in total. The van der Waals surface area contributed by atoms with Crippen molar-refractivity contribution < 1.29 is 28.8 Å². The van der Waals surface area contributed by atoms with Gasteiger partial charge in [0, 0.05) is 25.1 Å². The molecule has 0 saturated carbocycles. The molecular formula is C10H9LiN4O2. The van der Waals surface area contributed by atoms with Crippen molar-refractivity contribution in [1.29, 1.82) is 0 Å². The van der Waals surface area contributed by atoms with E-state index in [1.807, 2.05) is 0 Å². The summed E-state index contributed by atoms with van der Waals surface area (Å²) in [5, 5.41) is 14.8. The third-order valence-corrected chi connectivity index (χ3v) is 2.32. The number of aromatic nitrogens is 4. The standard InChI is InChI=1S/C10H10N4O2.Li/c1-6-7(9-11-4-3-5-12-9)8(10(15)16)13-14(6)2;/h3-5H,1-2H3,(H,15,16);/q;+1/p-1. The molecule has 2 aromatic heterocycles. The van der Waals surface area contributed by atoms with Crippen LogP contribution in [0, 0.1) is 6.92 Å². The molecule has 0 atom stereocenters. The molecule has 0 aliphatic rings. The van der Waals surface area contributed by atoms with Crippen molar-refractivity contribution in [3.05, 3.63) is 29.8 Å². The number of rotatable bonds is 2. The average molecular weight is 224 g/mol. The third kappa shape index (κ3) is 2.38. The molecule has 2 rings (SSSR count). The molecular weight excluding hydrogens is 215 g/mol. The molecule has 6 nitrogen and oxygen atoms in total. The summed E-state index contributed by atoms with van der Waals surface area (Å²) >= 11 is 0. The molecule has 2 aromatic rings. The normalized spacial score (nSPS) is 9.76. The van der Waals surface area contributed by atoms with Crippen LogP contribution in [0.4, 0.5) is 0 Å². The number of hydrogen-bond donors (Lipinski definition) is 0. The fraction of sp³-hybridized carbons (Fsp3) is 0.200. The van der Waals surface area contributed by atoms with Crippen LogP contribution < -0.4 is 24.0 Å². The molecule has 7 heteroatoms. The molecule has 0 bridgehead atoms. The fourth-order valence-corrected chi connectivity index (χ4v) is 1.45. The molecule has 0 radical (unpaired) electrons. The van der Waals surface area contributed by atoms with E-state index in [0.29, 0.717) is 17.1 Å². The number of nitrogens with zero attached hydrogens (tertiary/aromatic N) is 4. The predicted molar refractivity (Wildman–Crippen MR) is 53.3 cm³/mol. The van der Waals surface area contributed by atoms with Gasteiger partial charge in [-0.2, -0.15) is 5.10 Å². The molecule has 0 saturated heterocycles. The monoisotopic (exact) mass is 224 g/mol. The summed E-state index contributed by atoms with van der Waals surface area (Å²) in [5.74, 6) is -0.988. The Morgan fingerprint density at radius 3 is 2.47 bits per heavy atom. The Balaban J connectivity index is 0.00000144. The third-order valence-electron chi connectivity index (χ3n) is 2.32. The number of aryl methyl sites for hydroxylation is 1. The SMILES string of the molecule is Cc1c(-c2ncccn2)c(C(=O)[O-])nn1C.[Li+]. The van der Waals surface area contributed by atoms with Gasteiger partial charge in [-0.25, -0.2) is 9.97 Å². The molecule has 82 valence electrons. The first-order chi connectivity index (χ1) is 7.61. The van der Waals surface area contributed by atoms with Crippen LogP contribution in [-0.4, -0.2) is 25.7 Å². The molecule has 0 unspecified atom stereocenters. The van der Waals surface area contributed by atoms with Gasteiger partial charge in [0.2, 0.25) is 0 Å². The van der Waals surface area contributed by atoms with Gasteiger partial charge in [0.15, 0.2) is 5.82 Å². The Labute approximate surface area is 110 Å². The van der Waals surface area contributed by atoms with Crippen molar-refractivity contribution in [2.24, 2.45) is 7.05 Å². The minimum atomic E-state index is -1.33. The smallest absolute Gasteiger partial charge is 0.543 e. The fourth-order valence-electron chi connectivity index (χ4n) is 1.45. The first kappa shape index (κ1) is 13.4. The second-order valence-electron chi connectivity index (χ2n) is 3.29. The molecule has 17 heavy (non-hydrogen) atoms. The first-order valence-corrected chi connectivity index (χ1v) is 4.63. The molecule has 0 aromatic carbocycles. The zero-order valence-corrected chi connectivity index (χ0v) is 9.84. The van der Waals surface area contributed by atoms with Crippen molar-refractivity contribution in [3.63, 3.8) is 0 Å². The quantitative estimate of drug-likeness (QED) is 0.495.